The first-order chi connectivity index (χ1) is 16.6. The lowest BCUT2D eigenvalue weighted by Crippen LogP contribution is -2.32. The molecule has 9 nitrogen and oxygen atoms in total. The van der Waals surface area contributed by atoms with Gasteiger partial charge in [0, 0.05) is 24.2 Å². The molecule has 0 fully saturated rings. The van der Waals surface area contributed by atoms with Crippen LogP contribution in [-0.2, 0) is 13.2 Å². The lowest BCUT2D eigenvalue weighted by molar-refractivity contribution is 0.0946. The summed E-state index contributed by atoms with van der Waals surface area (Å²) in [4.78, 5) is 32.8. The highest BCUT2D eigenvalue weighted by molar-refractivity contribution is 5.92. The van der Waals surface area contributed by atoms with Gasteiger partial charge in [-0.05, 0) is 35.9 Å². The van der Waals surface area contributed by atoms with E-state index in [1.54, 1.807) is 13.2 Å². The molecule has 0 aliphatic heterocycles. The van der Waals surface area contributed by atoms with E-state index in [1.165, 1.54) is 23.1 Å². The third kappa shape index (κ3) is 5.83. The van der Waals surface area contributed by atoms with E-state index in [9.17, 15) is 9.59 Å². The van der Waals surface area contributed by atoms with Gasteiger partial charge >= 0.3 is 0 Å². The van der Waals surface area contributed by atoms with Crippen LogP contribution in [0.4, 0.5) is 0 Å². The van der Waals surface area contributed by atoms with E-state index in [-0.39, 0.29) is 24.3 Å². The third-order valence-corrected chi connectivity index (χ3v) is 4.97. The molecule has 0 bridgehead atoms. The molecule has 0 aliphatic rings. The molecule has 34 heavy (non-hydrogen) atoms. The lowest BCUT2D eigenvalue weighted by Gasteiger charge is -2.09. The zero-order valence-electron chi connectivity index (χ0n) is 18.5. The molecular formula is C25H23N5O4. The van der Waals surface area contributed by atoms with Crippen molar-refractivity contribution in [3.63, 3.8) is 0 Å². The van der Waals surface area contributed by atoms with Crippen molar-refractivity contribution in [3.8, 4) is 22.9 Å². The van der Waals surface area contributed by atoms with E-state index in [0.29, 0.717) is 18.2 Å². The van der Waals surface area contributed by atoms with E-state index in [0.717, 1.165) is 16.9 Å². The second-order valence-corrected chi connectivity index (χ2v) is 7.28. The molecule has 0 atom stereocenters. The first kappa shape index (κ1) is 22.7. The molecule has 1 amide bonds. The fourth-order valence-electron chi connectivity index (χ4n) is 3.16. The second-order valence-electron chi connectivity index (χ2n) is 7.28. The summed E-state index contributed by atoms with van der Waals surface area (Å²) in [5.74, 6) is 0.638. The molecule has 2 heterocycles. The summed E-state index contributed by atoms with van der Waals surface area (Å²) in [6.45, 7) is 0.733. The minimum Gasteiger partial charge on any atom is -0.497 e. The Balaban J connectivity index is 1.35. The van der Waals surface area contributed by atoms with Crippen molar-refractivity contribution < 1.29 is 14.3 Å². The van der Waals surface area contributed by atoms with Crippen LogP contribution in [0.15, 0.2) is 83.9 Å². The molecule has 172 valence electrons. The Labute approximate surface area is 196 Å². The number of rotatable bonds is 9. The van der Waals surface area contributed by atoms with E-state index in [1.807, 2.05) is 54.6 Å². The summed E-state index contributed by atoms with van der Waals surface area (Å²) in [5, 5.41) is 7.15. The van der Waals surface area contributed by atoms with Gasteiger partial charge in [0.2, 0.25) is 5.88 Å². The highest BCUT2D eigenvalue weighted by Gasteiger charge is 2.10. The van der Waals surface area contributed by atoms with Crippen molar-refractivity contribution in [2.24, 2.45) is 0 Å². The van der Waals surface area contributed by atoms with Gasteiger partial charge in [0.05, 0.1) is 19.3 Å². The summed E-state index contributed by atoms with van der Waals surface area (Å²) in [6.07, 6.45) is 1.28. The van der Waals surface area contributed by atoms with Gasteiger partial charge < -0.3 is 14.8 Å². The quantitative estimate of drug-likeness (QED) is 0.412. The fraction of sp³-hybridized carbons (Fsp3) is 0.160. The largest absolute Gasteiger partial charge is 0.497 e. The van der Waals surface area contributed by atoms with Crippen molar-refractivity contribution in [1.29, 1.82) is 0 Å². The van der Waals surface area contributed by atoms with Crippen LogP contribution in [0.25, 0.3) is 11.3 Å². The maximum Gasteiger partial charge on any atom is 0.270 e. The zero-order valence-corrected chi connectivity index (χ0v) is 18.5. The molecule has 1 N–H and O–H groups in total. The number of nitrogens with one attached hydrogen (secondary N) is 1. The van der Waals surface area contributed by atoms with E-state index in [2.05, 4.69) is 20.4 Å². The van der Waals surface area contributed by atoms with Crippen molar-refractivity contribution in [3.05, 3.63) is 101 Å². The summed E-state index contributed by atoms with van der Waals surface area (Å²) < 4.78 is 12.1. The molecular weight excluding hydrogens is 434 g/mol. The Morgan fingerprint density at radius 1 is 1.00 bits per heavy atom. The smallest absolute Gasteiger partial charge is 0.270 e. The van der Waals surface area contributed by atoms with Gasteiger partial charge in [-0.1, -0.05) is 30.3 Å². The standard InChI is InChI=1S/C25H23N5O4/c1-33-20-9-7-19(8-10-20)21-11-12-24(31)30(29-21)14-13-26-25(32)22-15-23(28-17-27-22)34-16-18-5-3-2-4-6-18/h2-12,15,17H,13-14,16H2,1H3,(H,26,32). The topological polar surface area (TPSA) is 108 Å². The van der Waals surface area contributed by atoms with Gasteiger partial charge in [0.25, 0.3) is 11.5 Å². The highest BCUT2D eigenvalue weighted by Crippen LogP contribution is 2.19. The molecule has 4 aromatic rings. The number of hydrogen-bond acceptors (Lipinski definition) is 7. The van der Waals surface area contributed by atoms with Gasteiger partial charge in [-0.25, -0.2) is 14.6 Å². The molecule has 0 radical (unpaired) electrons. The van der Waals surface area contributed by atoms with Crippen LogP contribution < -0.4 is 20.3 Å². The van der Waals surface area contributed by atoms with Crippen LogP contribution in [0.2, 0.25) is 0 Å². The average Bonchev–Trinajstić information content (AvgIpc) is 2.89. The van der Waals surface area contributed by atoms with E-state index in [4.69, 9.17) is 9.47 Å². The molecule has 0 spiro atoms. The maximum absolute atomic E-state index is 12.5. The average molecular weight is 457 g/mol. The Kier molecular flexibility index (Phi) is 7.24. The van der Waals surface area contributed by atoms with E-state index < -0.39 is 5.91 Å². The molecule has 9 heteroatoms. The second kappa shape index (κ2) is 10.9. The Morgan fingerprint density at radius 3 is 2.56 bits per heavy atom. The number of amides is 1. The minimum absolute atomic E-state index is 0.172. The molecule has 0 saturated carbocycles. The number of methoxy groups -OCH3 is 1. The van der Waals surface area contributed by atoms with Gasteiger partial charge in [0.1, 0.15) is 24.4 Å². The Morgan fingerprint density at radius 2 is 1.79 bits per heavy atom. The SMILES string of the molecule is COc1ccc(-c2ccc(=O)n(CCNC(=O)c3cc(OCc4ccccc4)ncn3)n2)cc1. The highest BCUT2D eigenvalue weighted by atomic mass is 16.5. The number of carbonyl (C=O) groups is 1. The third-order valence-electron chi connectivity index (χ3n) is 4.97. The lowest BCUT2D eigenvalue weighted by atomic mass is 10.1. The van der Waals surface area contributed by atoms with Crippen LogP contribution >= 0.6 is 0 Å². The zero-order chi connectivity index (χ0) is 23.8. The monoisotopic (exact) mass is 457 g/mol. The number of carbonyl (C=O) groups excluding carboxylic acids is 1. The van der Waals surface area contributed by atoms with Crippen molar-refractivity contribution in [2.45, 2.75) is 13.2 Å². The van der Waals surface area contributed by atoms with Crippen LogP contribution in [-0.4, -0.2) is 39.3 Å². The molecule has 0 unspecified atom stereocenters. The summed E-state index contributed by atoms with van der Waals surface area (Å²) >= 11 is 0. The van der Waals surface area contributed by atoms with Crippen LogP contribution in [0.5, 0.6) is 11.6 Å². The van der Waals surface area contributed by atoms with Gasteiger partial charge in [0.15, 0.2) is 0 Å². The molecule has 2 aromatic carbocycles. The first-order valence-corrected chi connectivity index (χ1v) is 10.6. The number of hydrogen-bond donors (Lipinski definition) is 1. The Bertz CT molecular complexity index is 1310. The molecule has 0 saturated heterocycles. The number of ether oxygens (including phenoxy) is 2. The summed E-state index contributed by atoms with van der Waals surface area (Å²) in [7, 11) is 1.60. The predicted molar refractivity (Wildman–Crippen MR) is 126 cm³/mol. The number of aromatic nitrogens is 4. The number of nitrogens with zero attached hydrogens (tertiary/aromatic N) is 4. The Hall–Kier alpha value is -4.53. The minimum atomic E-state index is -0.397. The van der Waals surface area contributed by atoms with Crippen LogP contribution in [0, 0.1) is 0 Å². The van der Waals surface area contributed by atoms with Crippen molar-refractivity contribution in [2.75, 3.05) is 13.7 Å². The fourth-order valence-corrected chi connectivity index (χ4v) is 3.16. The number of benzene rings is 2. The molecule has 4 rings (SSSR count). The first-order valence-electron chi connectivity index (χ1n) is 10.6. The van der Waals surface area contributed by atoms with Crippen molar-refractivity contribution >= 4 is 5.91 Å². The van der Waals surface area contributed by atoms with Crippen LogP contribution in [0.1, 0.15) is 16.1 Å². The summed E-state index contributed by atoms with van der Waals surface area (Å²) in [6, 6.07) is 21.6. The van der Waals surface area contributed by atoms with Crippen LogP contribution in [0.3, 0.4) is 0 Å². The molecule has 2 aromatic heterocycles. The van der Waals surface area contributed by atoms with E-state index >= 15 is 0 Å². The van der Waals surface area contributed by atoms with Crippen molar-refractivity contribution in [1.82, 2.24) is 25.1 Å². The summed E-state index contributed by atoms with van der Waals surface area (Å²) in [5.41, 5.74) is 2.39. The van der Waals surface area contributed by atoms with Gasteiger partial charge in [-0.3, -0.25) is 9.59 Å². The molecule has 0 aliphatic carbocycles. The normalized spacial score (nSPS) is 10.5. The van der Waals surface area contributed by atoms with Gasteiger partial charge in [-0.15, -0.1) is 0 Å². The maximum atomic E-state index is 12.5. The predicted octanol–water partition coefficient (Wildman–Crippen LogP) is 2.72. The van der Waals surface area contributed by atoms with Gasteiger partial charge in [-0.2, -0.15) is 5.10 Å².